The molecule has 0 N–H and O–H groups in total. The molecule has 11 heteroatoms. The zero-order valence-corrected chi connectivity index (χ0v) is 23.0. The maximum atomic E-state index is 13.7. The van der Waals surface area contributed by atoms with Crippen molar-refractivity contribution in [1.82, 2.24) is 19.1 Å². The van der Waals surface area contributed by atoms with Gasteiger partial charge in [-0.2, -0.15) is 9.40 Å². The number of benzene rings is 2. The molecule has 0 radical (unpaired) electrons. The van der Waals surface area contributed by atoms with E-state index in [4.69, 9.17) is 11.6 Å². The molecular formula is C26H28ClN5O3S2. The number of rotatable bonds is 7. The summed E-state index contributed by atoms with van der Waals surface area (Å²) in [4.78, 5) is 20.1. The number of hydrogen-bond acceptors (Lipinski definition) is 6. The predicted molar refractivity (Wildman–Crippen MR) is 147 cm³/mol. The van der Waals surface area contributed by atoms with E-state index in [1.807, 2.05) is 24.4 Å². The minimum absolute atomic E-state index is 0.195. The third-order valence-corrected chi connectivity index (χ3v) is 9.72. The Hall–Kier alpha value is -2.79. The third-order valence-electron chi connectivity index (χ3n) is 6.52. The summed E-state index contributed by atoms with van der Waals surface area (Å²) in [6, 6.07) is 13.6. The second-order valence-electron chi connectivity index (χ2n) is 9.60. The summed E-state index contributed by atoms with van der Waals surface area (Å²) in [5.41, 5.74) is 1.03. The average Bonchev–Trinajstić information content (AvgIpc) is 3.54. The van der Waals surface area contributed by atoms with Crippen molar-refractivity contribution < 1.29 is 13.2 Å². The van der Waals surface area contributed by atoms with Gasteiger partial charge in [0.15, 0.2) is 5.13 Å². The van der Waals surface area contributed by atoms with Crippen molar-refractivity contribution in [2.75, 3.05) is 24.5 Å². The highest BCUT2D eigenvalue weighted by Gasteiger charge is 2.32. The smallest absolute Gasteiger partial charge is 0.260 e. The predicted octanol–water partition coefficient (Wildman–Crippen LogP) is 5.16. The fourth-order valence-corrected chi connectivity index (χ4v) is 7.78. The summed E-state index contributed by atoms with van der Waals surface area (Å²) in [6.07, 6.45) is 4.54. The third kappa shape index (κ3) is 5.43. The van der Waals surface area contributed by atoms with E-state index in [1.165, 1.54) is 23.5 Å². The Morgan fingerprint density at radius 3 is 2.49 bits per heavy atom. The number of hydrogen-bond donors (Lipinski definition) is 0. The van der Waals surface area contributed by atoms with Gasteiger partial charge in [0.05, 0.1) is 21.2 Å². The van der Waals surface area contributed by atoms with Crippen LogP contribution in [-0.2, 0) is 16.6 Å². The first-order valence-electron chi connectivity index (χ1n) is 12.2. The van der Waals surface area contributed by atoms with E-state index in [9.17, 15) is 13.2 Å². The van der Waals surface area contributed by atoms with Crippen LogP contribution in [0.3, 0.4) is 0 Å². The van der Waals surface area contributed by atoms with Crippen LogP contribution < -0.4 is 4.90 Å². The molecule has 2 aromatic carbocycles. The normalized spacial score (nSPS) is 18.8. The molecule has 2 aromatic heterocycles. The summed E-state index contributed by atoms with van der Waals surface area (Å²) < 4.78 is 30.7. The molecule has 2 unspecified atom stereocenters. The van der Waals surface area contributed by atoms with Crippen molar-refractivity contribution in [3.63, 3.8) is 0 Å². The van der Waals surface area contributed by atoms with Gasteiger partial charge in [0.1, 0.15) is 5.52 Å². The molecule has 0 spiro atoms. The summed E-state index contributed by atoms with van der Waals surface area (Å²) >= 11 is 7.72. The number of halogens is 1. The second-order valence-corrected chi connectivity index (χ2v) is 13.0. The highest BCUT2D eigenvalue weighted by molar-refractivity contribution is 7.89. The number of para-hydroxylation sites is 1. The highest BCUT2D eigenvalue weighted by atomic mass is 35.5. The molecule has 1 fully saturated rings. The Balaban J connectivity index is 1.43. The second kappa shape index (κ2) is 10.5. The number of thiazole rings is 1. The average molecular weight is 558 g/mol. The van der Waals surface area contributed by atoms with Gasteiger partial charge in [-0.1, -0.05) is 42.9 Å². The maximum absolute atomic E-state index is 13.7. The summed E-state index contributed by atoms with van der Waals surface area (Å²) in [6.45, 7) is 5.98. The molecule has 5 rings (SSSR count). The van der Waals surface area contributed by atoms with Gasteiger partial charge in [0.25, 0.3) is 5.91 Å². The minimum atomic E-state index is -3.63. The number of anilines is 1. The molecule has 0 aliphatic carbocycles. The Morgan fingerprint density at radius 2 is 1.84 bits per heavy atom. The Bertz CT molecular complexity index is 1490. The molecule has 4 aromatic rings. The van der Waals surface area contributed by atoms with E-state index in [0.717, 1.165) is 11.1 Å². The Morgan fingerprint density at radius 1 is 1.11 bits per heavy atom. The highest BCUT2D eigenvalue weighted by Crippen LogP contribution is 2.34. The van der Waals surface area contributed by atoms with Gasteiger partial charge < -0.3 is 0 Å². The lowest BCUT2D eigenvalue weighted by atomic mass is 9.94. The number of piperidine rings is 1. The van der Waals surface area contributed by atoms with Gasteiger partial charge in [-0.15, -0.1) is 0 Å². The molecule has 194 valence electrons. The molecule has 8 nitrogen and oxygen atoms in total. The topological polar surface area (TPSA) is 88.4 Å². The first-order chi connectivity index (χ1) is 17.7. The molecule has 1 aliphatic heterocycles. The van der Waals surface area contributed by atoms with Crippen LogP contribution in [0.5, 0.6) is 0 Å². The monoisotopic (exact) mass is 557 g/mol. The van der Waals surface area contributed by atoms with Crippen LogP contribution in [0.15, 0.2) is 65.8 Å². The van der Waals surface area contributed by atoms with E-state index in [0.29, 0.717) is 59.2 Å². The zero-order chi connectivity index (χ0) is 26.2. The van der Waals surface area contributed by atoms with E-state index < -0.39 is 10.0 Å². The number of aromatic nitrogens is 3. The lowest BCUT2D eigenvalue weighted by molar-refractivity contribution is 0.0985. The molecule has 0 saturated carbocycles. The molecule has 37 heavy (non-hydrogen) atoms. The van der Waals surface area contributed by atoms with E-state index >= 15 is 0 Å². The van der Waals surface area contributed by atoms with Crippen LogP contribution in [0, 0.1) is 11.8 Å². The first-order valence-corrected chi connectivity index (χ1v) is 14.8. The molecule has 0 bridgehead atoms. The van der Waals surface area contributed by atoms with Crippen LogP contribution in [-0.4, -0.2) is 53.0 Å². The SMILES string of the molecule is CC1CC(C)CN(S(=O)(=O)c2ccc(C(=O)N(CCn3cccn3)c3nc4c(Cl)cccc4s3)cc2)C1. The summed E-state index contributed by atoms with van der Waals surface area (Å²) in [7, 11) is -3.63. The lowest BCUT2D eigenvalue weighted by Gasteiger charge is -2.34. The fourth-order valence-electron chi connectivity index (χ4n) is 4.81. The van der Waals surface area contributed by atoms with Crippen LogP contribution in [0.2, 0.25) is 5.02 Å². The van der Waals surface area contributed by atoms with Gasteiger partial charge in [0, 0.05) is 37.6 Å². The van der Waals surface area contributed by atoms with Gasteiger partial charge in [-0.05, 0) is 60.7 Å². The standard InChI is InChI=1S/C26H28ClN5O3S2/c1-18-15-19(2)17-31(16-18)37(34,35)21-9-7-20(8-10-21)25(33)32(14-13-30-12-4-11-28-30)26-29-24-22(27)5-3-6-23(24)36-26/h3-12,18-19H,13-17H2,1-2H3. The lowest BCUT2D eigenvalue weighted by Crippen LogP contribution is -2.42. The summed E-state index contributed by atoms with van der Waals surface area (Å²) in [5.74, 6) is 0.349. The Labute approximate surface area is 225 Å². The number of carbonyl (C=O) groups excluding carboxylic acids is 1. The molecule has 2 atom stereocenters. The molecule has 1 aliphatic rings. The van der Waals surface area contributed by atoms with Crippen molar-refractivity contribution in [3.05, 3.63) is 71.5 Å². The summed E-state index contributed by atoms with van der Waals surface area (Å²) in [5, 5.41) is 5.28. The number of amides is 1. The van der Waals surface area contributed by atoms with Gasteiger partial charge in [-0.25, -0.2) is 13.4 Å². The minimum Gasteiger partial charge on any atom is -0.282 e. The molecule has 1 saturated heterocycles. The number of nitrogens with zero attached hydrogens (tertiary/aromatic N) is 5. The van der Waals surface area contributed by atoms with E-state index in [1.54, 1.807) is 38.3 Å². The van der Waals surface area contributed by atoms with Gasteiger partial charge in [0.2, 0.25) is 10.0 Å². The first kappa shape index (κ1) is 25.8. The van der Waals surface area contributed by atoms with E-state index in [-0.39, 0.29) is 10.8 Å². The quantitative estimate of drug-likeness (QED) is 0.313. The van der Waals surface area contributed by atoms with Crippen LogP contribution in [0.25, 0.3) is 10.2 Å². The van der Waals surface area contributed by atoms with Crippen LogP contribution in [0.1, 0.15) is 30.6 Å². The number of sulfonamides is 1. The van der Waals surface area contributed by atoms with E-state index in [2.05, 4.69) is 23.9 Å². The molecular weight excluding hydrogens is 530 g/mol. The van der Waals surface area contributed by atoms with Crippen molar-refractivity contribution in [3.8, 4) is 0 Å². The van der Waals surface area contributed by atoms with Crippen molar-refractivity contribution in [1.29, 1.82) is 0 Å². The maximum Gasteiger partial charge on any atom is 0.260 e. The largest absolute Gasteiger partial charge is 0.282 e. The zero-order valence-electron chi connectivity index (χ0n) is 20.6. The molecule has 1 amide bonds. The van der Waals surface area contributed by atoms with Gasteiger partial charge in [-0.3, -0.25) is 14.4 Å². The number of carbonyl (C=O) groups is 1. The van der Waals surface area contributed by atoms with Crippen LogP contribution in [0.4, 0.5) is 5.13 Å². The fraction of sp³-hybridized carbons (Fsp3) is 0.346. The van der Waals surface area contributed by atoms with Crippen LogP contribution >= 0.6 is 22.9 Å². The Kier molecular flexibility index (Phi) is 7.35. The number of fused-ring (bicyclic) bond motifs is 1. The van der Waals surface area contributed by atoms with Gasteiger partial charge >= 0.3 is 0 Å². The van der Waals surface area contributed by atoms with Crippen molar-refractivity contribution in [2.24, 2.45) is 11.8 Å². The molecule has 3 heterocycles. The van der Waals surface area contributed by atoms with Crippen molar-refractivity contribution in [2.45, 2.75) is 31.7 Å². The van der Waals surface area contributed by atoms with Crippen molar-refractivity contribution >= 4 is 54.2 Å².